The van der Waals surface area contributed by atoms with Crippen LogP contribution in [0.4, 0.5) is 0 Å². The summed E-state index contributed by atoms with van der Waals surface area (Å²) in [5, 5.41) is 15.7. The zero-order valence-electron chi connectivity index (χ0n) is 11.1. The summed E-state index contributed by atoms with van der Waals surface area (Å²) in [6.07, 6.45) is 2.02. The zero-order chi connectivity index (χ0) is 15.4. The molecule has 2 N–H and O–H groups in total. The van der Waals surface area contributed by atoms with Crippen molar-refractivity contribution in [3.8, 4) is 12.0 Å². The van der Waals surface area contributed by atoms with Gasteiger partial charge in [-0.15, -0.1) is 0 Å². The molecule has 0 aliphatic carbocycles. The van der Waals surface area contributed by atoms with Gasteiger partial charge in [-0.2, -0.15) is 4.31 Å². The van der Waals surface area contributed by atoms with Crippen molar-refractivity contribution in [2.24, 2.45) is 0 Å². The second-order valence-electron chi connectivity index (χ2n) is 2.47. The maximum Gasteiger partial charge on any atom is 0.483 e. The monoisotopic (exact) mass is 320 g/mol. The Labute approximate surface area is 112 Å². The number of rotatable bonds is 7. The number of hydrogen-bond acceptors (Lipinski definition) is 9. The van der Waals surface area contributed by atoms with Gasteiger partial charge in [0.1, 0.15) is 6.11 Å². The van der Waals surface area contributed by atoms with Crippen molar-refractivity contribution in [2.45, 2.75) is 6.42 Å². The van der Waals surface area contributed by atoms with Gasteiger partial charge in [-0.1, -0.05) is 5.92 Å². The largest absolute Gasteiger partial charge is 0.483 e. The van der Waals surface area contributed by atoms with Crippen LogP contribution >= 0.6 is 15.6 Å². The molecule has 0 aromatic heterocycles. The molecule has 11 heteroatoms. The van der Waals surface area contributed by atoms with E-state index in [1.165, 1.54) is 0 Å². The lowest BCUT2D eigenvalue weighted by atomic mass is 10.5. The van der Waals surface area contributed by atoms with Crippen LogP contribution in [0.2, 0.25) is 0 Å². The van der Waals surface area contributed by atoms with Gasteiger partial charge in [-0.3, -0.25) is 18.1 Å². The first-order valence-electron chi connectivity index (χ1n) is 4.74. The van der Waals surface area contributed by atoms with Gasteiger partial charge in [0.25, 0.3) is 0 Å². The number of phosphoric ester groups is 2. The summed E-state index contributed by atoms with van der Waals surface area (Å²) >= 11 is 0. The highest BCUT2D eigenvalue weighted by Gasteiger charge is 2.37. The van der Waals surface area contributed by atoms with Crippen LogP contribution < -0.4 is 0 Å². The summed E-state index contributed by atoms with van der Waals surface area (Å²) < 4.78 is 44.5. The third-order valence-corrected chi connectivity index (χ3v) is 4.80. The summed E-state index contributed by atoms with van der Waals surface area (Å²) in [6, 6.07) is 0. The van der Waals surface area contributed by atoms with E-state index in [9.17, 15) is 9.13 Å². The molecule has 0 aromatic rings. The molecule has 0 radical (unpaired) electrons. The molecule has 0 aromatic carbocycles. The van der Waals surface area contributed by atoms with E-state index < -0.39 is 15.6 Å². The predicted molar refractivity (Wildman–Crippen MR) is 65.7 cm³/mol. The van der Waals surface area contributed by atoms with E-state index in [4.69, 9.17) is 10.2 Å². The third-order valence-electron chi connectivity index (χ3n) is 1.41. The highest BCUT2D eigenvalue weighted by molar-refractivity contribution is 7.62. The molecule has 0 unspecified atom stereocenters. The first kappa shape index (κ1) is 20.9. The predicted octanol–water partition coefficient (Wildman–Crippen LogP) is 1.51. The van der Waals surface area contributed by atoms with E-state index in [1.54, 1.807) is 6.11 Å². The quantitative estimate of drug-likeness (QED) is 0.531. The zero-order valence-corrected chi connectivity index (χ0v) is 12.8. The number of aliphatic hydroxyl groups is 2. The Morgan fingerprint density at radius 3 is 1.47 bits per heavy atom. The van der Waals surface area contributed by atoms with Crippen LogP contribution in [0.5, 0.6) is 0 Å². The highest BCUT2D eigenvalue weighted by atomic mass is 31.3. The SMILES string of the molecule is COP(=O)(OC)OP(=O)(OC)OC.OC#CCCO. The average Bonchev–Trinajstić information content (AvgIpc) is 2.45. The minimum absolute atomic E-state index is 0.0214. The number of phosphoric acid groups is 2. The standard InChI is InChI=1S/C4H12O7P2.C4H6O2/c1-7-12(5,8-2)11-13(6,9-3)10-4;5-3-1-2-4-6/h1-4H3;5-6H,1,3H2. The normalized spacial score (nSPS) is 11.0. The lowest BCUT2D eigenvalue weighted by molar-refractivity contribution is 0.158. The van der Waals surface area contributed by atoms with Crippen molar-refractivity contribution in [3.63, 3.8) is 0 Å². The molecule has 114 valence electrons. The van der Waals surface area contributed by atoms with Gasteiger partial charge in [0.2, 0.25) is 0 Å². The first-order valence-corrected chi connectivity index (χ1v) is 7.66. The fraction of sp³-hybridized carbons (Fsp3) is 0.750. The molecule has 0 aliphatic rings. The molecule has 0 saturated heterocycles. The van der Waals surface area contributed by atoms with E-state index in [1.807, 2.05) is 0 Å². The van der Waals surface area contributed by atoms with Crippen molar-refractivity contribution in [1.82, 2.24) is 0 Å². The Kier molecular flexibility index (Phi) is 12.5. The number of hydrogen-bond donors (Lipinski definition) is 2. The van der Waals surface area contributed by atoms with Crippen LogP contribution in [0.3, 0.4) is 0 Å². The molecule has 0 amide bonds. The van der Waals surface area contributed by atoms with E-state index in [-0.39, 0.29) is 6.61 Å². The minimum Gasteiger partial charge on any atom is -0.462 e. The second-order valence-corrected chi connectivity index (χ2v) is 6.37. The lowest BCUT2D eigenvalue weighted by Crippen LogP contribution is -1.96. The maximum absolute atomic E-state index is 11.3. The van der Waals surface area contributed by atoms with Gasteiger partial charge in [0, 0.05) is 34.9 Å². The summed E-state index contributed by atoms with van der Waals surface area (Å²) in [4.78, 5) is 0. The maximum atomic E-state index is 11.3. The molecule has 0 fully saturated rings. The Balaban J connectivity index is 0. The van der Waals surface area contributed by atoms with E-state index in [0.717, 1.165) is 28.4 Å². The van der Waals surface area contributed by atoms with Crippen LogP contribution in [0, 0.1) is 12.0 Å². The molecule has 0 rings (SSSR count). The van der Waals surface area contributed by atoms with Crippen molar-refractivity contribution in [2.75, 3.05) is 35.0 Å². The van der Waals surface area contributed by atoms with Crippen molar-refractivity contribution >= 4 is 15.6 Å². The molecule has 0 saturated carbocycles. The summed E-state index contributed by atoms with van der Waals surface area (Å²) in [6.45, 7) is 0.0214. The Bertz CT molecular complexity index is 332. The fourth-order valence-electron chi connectivity index (χ4n) is 0.517. The van der Waals surface area contributed by atoms with Crippen molar-refractivity contribution in [1.29, 1.82) is 0 Å². The van der Waals surface area contributed by atoms with Crippen molar-refractivity contribution < 1.29 is 41.7 Å². The van der Waals surface area contributed by atoms with Gasteiger partial charge in [-0.05, 0) is 0 Å². The molecular weight excluding hydrogens is 302 g/mol. The Hall–Kier alpha value is -0.420. The molecule has 0 spiro atoms. The second kappa shape index (κ2) is 11.4. The first-order chi connectivity index (χ1) is 8.86. The minimum atomic E-state index is -3.85. The lowest BCUT2D eigenvalue weighted by Gasteiger charge is -2.17. The van der Waals surface area contributed by atoms with Crippen LogP contribution in [-0.2, 0) is 31.5 Å². The highest BCUT2D eigenvalue weighted by Crippen LogP contribution is 2.64. The van der Waals surface area contributed by atoms with Crippen LogP contribution in [0.15, 0.2) is 0 Å². The summed E-state index contributed by atoms with van der Waals surface area (Å²) in [5.41, 5.74) is 0. The van der Waals surface area contributed by atoms with E-state index >= 15 is 0 Å². The average molecular weight is 320 g/mol. The van der Waals surface area contributed by atoms with Crippen LogP contribution in [-0.4, -0.2) is 45.3 Å². The van der Waals surface area contributed by atoms with E-state index in [0.29, 0.717) is 6.42 Å². The van der Waals surface area contributed by atoms with E-state index in [2.05, 4.69) is 28.3 Å². The van der Waals surface area contributed by atoms with Gasteiger partial charge in [-0.25, -0.2) is 9.13 Å². The molecule has 0 bridgehead atoms. The van der Waals surface area contributed by atoms with Gasteiger partial charge in [0.05, 0.1) is 6.61 Å². The topological polar surface area (TPSA) is 121 Å². The van der Waals surface area contributed by atoms with Gasteiger partial charge >= 0.3 is 15.6 Å². The third kappa shape index (κ3) is 10.1. The molecular formula is C8H18O9P2. The molecule has 0 aliphatic heterocycles. The fourth-order valence-corrected chi connectivity index (χ4v) is 2.86. The van der Waals surface area contributed by atoms with Gasteiger partial charge in [0.15, 0.2) is 0 Å². The molecule has 19 heavy (non-hydrogen) atoms. The molecule has 0 atom stereocenters. The molecule has 9 nitrogen and oxygen atoms in total. The Morgan fingerprint density at radius 1 is 0.947 bits per heavy atom. The summed E-state index contributed by atoms with van der Waals surface area (Å²) in [5.74, 6) is 2.25. The smallest absolute Gasteiger partial charge is 0.462 e. The van der Waals surface area contributed by atoms with Crippen LogP contribution in [0.1, 0.15) is 6.42 Å². The summed E-state index contributed by atoms with van der Waals surface area (Å²) in [7, 11) is -3.36. The Morgan fingerprint density at radius 2 is 1.32 bits per heavy atom. The van der Waals surface area contributed by atoms with Gasteiger partial charge < -0.3 is 10.2 Å². The molecule has 0 heterocycles. The van der Waals surface area contributed by atoms with Crippen LogP contribution in [0.25, 0.3) is 0 Å². The van der Waals surface area contributed by atoms with Crippen molar-refractivity contribution in [3.05, 3.63) is 0 Å². The number of aliphatic hydroxyl groups excluding tert-OH is 2.